The molecule has 24 heavy (non-hydrogen) atoms. The van der Waals surface area contributed by atoms with E-state index in [9.17, 15) is 14.4 Å². The zero-order valence-corrected chi connectivity index (χ0v) is 13.8. The molecular weight excluding hydrogens is 312 g/mol. The van der Waals surface area contributed by atoms with Crippen molar-refractivity contribution in [2.75, 3.05) is 0 Å². The average Bonchev–Trinajstić information content (AvgIpc) is 3.01. The predicted octanol–water partition coefficient (Wildman–Crippen LogP) is -0.130. The monoisotopic (exact) mass is 332 g/mol. The summed E-state index contributed by atoms with van der Waals surface area (Å²) in [5, 5.41) is 4.16. The Kier molecular flexibility index (Phi) is 4.32. The molecule has 2 heterocycles. The lowest BCUT2D eigenvalue weighted by Gasteiger charge is -2.12. The van der Waals surface area contributed by atoms with Crippen molar-refractivity contribution < 1.29 is 4.79 Å². The highest BCUT2D eigenvalue weighted by Crippen LogP contribution is 2.14. The molecular formula is C15H20N6O3. The molecule has 0 spiro atoms. The van der Waals surface area contributed by atoms with E-state index < -0.39 is 11.2 Å². The van der Waals surface area contributed by atoms with Gasteiger partial charge >= 0.3 is 5.69 Å². The van der Waals surface area contributed by atoms with Crippen LogP contribution in [0.25, 0.3) is 11.2 Å². The number of fused-ring (bicyclic) bond motifs is 1. The van der Waals surface area contributed by atoms with Gasteiger partial charge in [0, 0.05) is 19.8 Å². The van der Waals surface area contributed by atoms with Crippen LogP contribution >= 0.6 is 0 Å². The molecule has 0 aliphatic heterocycles. The Labute approximate surface area is 137 Å². The van der Waals surface area contributed by atoms with E-state index >= 15 is 0 Å². The van der Waals surface area contributed by atoms with Crippen molar-refractivity contribution in [3.8, 4) is 0 Å². The third kappa shape index (κ3) is 2.89. The highest BCUT2D eigenvalue weighted by Gasteiger charge is 2.15. The number of aromatic nitrogens is 4. The van der Waals surface area contributed by atoms with Crippen LogP contribution in [0.4, 0.5) is 0 Å². The molecule has 0 bridgehead atoms. The predicted molar refractivity (Wildman–Crippen MR) is 88.9 cm³/mol. The molecule has 2 aromatic rings. The number of imidazole rings is 1. The van der Waals surface area contributed by atoms with Crippen molar-refractivity contribution in [3.05, 3.63) is 27.2 Å². The van der Waals surface area contributed by atoms with Crippen LogP contribution in [0.15, 0.2) is 21.0 Å². The molecule has 1 aliphatic rings. The molecule has 0 aromatic carbocycles. The first kappa shape index (κ1) is 16.2. The summed E-state index contributed by atoms with van der Waals surface area (Å²) < 4.78 is 3.79. The van der Waals surface area contributed by atoms with E-state index in [0.29, 0.717) is 5.65 Å². The van der Waals surface area contributed by atoms with Gasteiger partial charge in [0.1, 0.15) is 12.2 Å². The fourth-order valence-corrected chi connectivity index (χ4v) is 2.96. The number of nitrogens with zero attached hydrogens (tertiary/aromatic N) is 5. The van der Waals surface area contributed by atoms with Crippen LogP contribution in [-0.2, 0) is 25.4 Å². The number of hydrogen-bond donors (Lipinski definition) is 1. The molecule has 0 radical (unpaired) electrons. The highest BCUT2D eigenvalue weighted by atomic mass is 16.2. The molecule has 0 atom stereocenters. The fourth-order valence-electron chi connectivity index (χ4n) is 2.96. The van der Waals surface area contributed by atoms with E-state index in [1.165, 1.54) is 28.9 Å². The number of nitrogens with one attached hydrogen (secondary N) is 1. The fraction of sp³-hybridized carbons (Fsp3) is 0.533. The van der Waals surface area contributed by atoms with Crippen LogP contribution in [0, 0.1) is 0 Å². The number of aryl methyl sites for hydroxylation is 1. The Hall–Kier alpha value is -2.71. The summed E-state index contributed by atoms with van der Waals surface area (Å²) in [6, 6.07) is 0. The van der Waals surface area contributed by atoms with Crippen LogP contribution in [-0.4, -0.2) is 30.3 Å². The van der Waals surface area contributed by atoms with Gasteiger partial charge in [0.15, 0.2) is 5.52 Å². The van der Waals surface area contributed by atoms with Crippen LogP contribution in [0.5, 0.6) is 0 Å². The van der Waals surface area contributed by atoms with E-state index in [-0.39, 0.29) is 18.0 Å². The summed E-state index contributed by atoms with van der Waals surface area (Å²) in [4.78, 5) is 40.3. The van der Waals surface area contributed by atoms with E-state index in [1.54, 1.807) is 7.05 Å². The zero-order valence-electron chi connectivity index (χ0n) is 13.8. The van der Waals surface area contributed by atoms with Gasteiger partial charge in [-0.1, -0.05) is 6.42 Å². The SMILES string of the molecule is Cn1c(=O)c2ncn(CC(=O)NN=C3CCCCC3)c2n(C)c1=O. The van der Waals surface area contributed by atoms with Crippen LogP contribution < -0.4 is 16.7 Å². The standard InChI is InChI=1S/C15H20N6O3/c1-19-13-12(14(23)20(2)15(19)24)16-9-21(13)8-11(22)18-17-10-6-4-3-5-7-10/h9H,3-8H2,1-2H3,(H,18,22). The number of hydrogen-bond acceptors (Lipinski definition) is 5. The molecule has 1 aliphatic carbocycles. The molecule has 1 N–H and O–H groups in total. The van der Waals surface area contributed by atoms with Crippen LogP contribution in [0.1, 0.15) is 32.1 Å². The van der Waals surface area contributed by atoms with E-state index in [1.807, 2.05) is 0 Å². The number of carbonyl (C=O) groups excluding carboxylic acids is 1. The van der Waals surface area contributed by atoms with Gasteiger partial charge in [0.05, 0.1) is 6.33 Å². The van der Waals surface area contributed by atoms with Crippen LogP contribution in [0.3, 0.4) is 0 Å². The van der Waals surface area contributed by atoms with E-state index in [2.05, 4.69) is 15.5 Å². The smallest absolute Gasteiger partial charge is 0.307 e. The third-order valence-corrected chi connectivity index (χ3v) is 4.29. The van der Waals surface area contributed by atoms with Crippen molar-refractivity contribution in [2.24, 2.45) is 19.2 Å². The maximum absolute atomic E-state index is 12.1. The molecule has 2 aromatic heterocycles. The molecule has 3 rings (SSSR count). The Bertz CT molecular complexity index is 925. The van der Waals surface area contributed by atoms with Gasteiger partial charge in [-0.2, -0.15) is 5.10 Å². The maximum Gasteiger partial charge on any atom is 0.332 e. The van der Waals surface area contributed by atoms with Gasteiger partial charge in [0.2, 0.25) is 0 Å². The summed E-state index contributed by atoms with van der Waals surface area (Å²) in [7, 11) is 2.94. The second-order valence-electron chi connectivity index (χ2n) is 6.02. The topological polar surface area (TPSA) is 103 Å². The first-order chi connectivity index (χ1) is 11.5. The second-order valence-corrected chi connectivity index (χ2v) is 6.02. The first-order valence-corrected chi connectivity index (χ1v) is 7.94. The second kappa shape index (κ2) is 6.42. The van der Waals surface area contributed by atoms with Crippen molar-refractivity contribution >= 4 is 22.8 Å². The van der Waals surface area contributed by atoms with Gasteiger partial charge < -0.3 is 4.57 Å². The molecule has 1 fully saturated rings. The molecule has 0 saturated heterocycles. The summed E-state index contributed by atoms with van der Waals surface area (Å²) in [6.45, 7) is -0.0618. The highest BCUT2D eigenvalue weighted by molar-refractivity contribution is 5.87. The van der Waals surface area contributed by atoms with Crippen LogP contribution in [0.2, 0.25) is 0 Å². The number of carbonyl (C=O) groups is 1. The quantitative estimate of drug-likeness (QED) is 0.791. The number of hydrazone groups is 1. The lowest BCUT2D eigenvalue weighted by atomic mass is 9.99. The van der Waals surface area contributed by atoms with E-state index in [0.717, 1.165) is 36.0 Å². The molecule has 9 nitrogen and oxygen atoms in total. The van der Waals surface area contributed by atoms with Gasteiger partial charge in [0.25, 0.3) is 11.5 Å². The Morgan fingerprint density at radius 2 is 1.92 bits per heavy atom. The lowest BCUT2D eigenvalue weighted by molar-refractivity contribution is -0.121. The van der Waals surface area contributed by atoms with E-state index in [4.69, 9.17) is 0 Å². The summed E-state index contributed by atoms with van der Waals surface area (Å²) in [5.74, 6) is -0.319. The van der Waals surface area contributed by atoms with Crippen molar-refractivity contribution in [1.82, 2.24) is 24.1 Å². The Morgan fingerprint density at radius 3 is 2.62 bits per heavy atom. The summed E-state index contributed by atoms with van der Waals surface area (Å²) in [5.41, 5.74) is 3.09. The molecule has 128 valence electrons. The maximum atomic E-state index is 12.1. The minimum Gasteiger partial charge on any atom is -0.307 e. The van der Waals surface area contributed by atoms with Gasteiger partial charge in [-0.05, 0) is 25.7 Å². The average molecular weight is 332 g/mol. The number of amides is 1. The third-order valence-electron chi connectivity index (χ3n) is 4.29. The molecule has 1 saturated carbocycles. The summed E-state index contributed by atoms with van der Waals surface area (Å²) >= 11 is 0. The zero-order chi connectivity index (χ0) is 17.3. The Morgan fingerprint density at radius 1 is 1.21 bits per heavy atom. The molecule has 1 amide bonds. The minimum atomic E-state index is -0.477. The molecule has 0 unspecified atom stereocenters. The lowest BCUT2D eigenvalue weighted by Crippen LogP contribution is -2.37. The van der Waals surface area contributed by atoms with Gasteiger partial charge in [-0.3, -0.25) is 18.7 Å². The normalized spacial score (nSPS) is 14.8. The number of rotatable bonds is 3. The van der Waals surface area contributed by atoms with Gasteiger partial charge in [-0.25, -0.2) is 15.2 Å². The summed E-state index contributed by atoms with van der Waals surface area (Å²) in [6.07, 6.45) is 6.63. The van der Waals surface area contributed by atoms with Crippen molar-refractivity contribution in [1.29, 1.82) is 0 Å². The molecule has 9 heteroatoms. The first-order valence-electron chi connectivity index (χ1n) is 7.94. The largest absolute Gasteiger partial charge is 0.332 e. The van der Waals surface area contributed by atoms with Crippen molar-refractivity contribution in [2.45, 2.75) is 38.6 Å². The van der Waals surface area contributed by atoms with Gasteiger partial charge in [-0.15, -0.1) is 0 Å². The Balaban J connectivity index is 1.84. The van der Waals surface area contributed by atoms with Crippen molar-refractivity contribution in [3.63, 3.8) is 0 Å². The minimum absolute atomic E-state index is 0.0618.